The standard InChI is InChI=1S/C22H27N3O3S/c1-5-25(6-2)21(27)17-7-11-18(12-8-17)23-22(29)24-20(26)16-9-13-19(14-10-16)28-15(3)4/h7-15H,5-6H2,1-4H3,(H2,23,24,26,29). The molecular formula is C22H27N3O3S. The molecule has 0 aliphatic rings. The summed E-state index contributed by atoms with van der Waals surface area (Å²) in [6, 6.07) is 13.9. The van der Waals surface area contributed by atoms with Crippen molar-refractivity contribution < 1.29 is 14.3 Å². The summed E-state index contributed by atoms with van der Waals surface area (Å²) >= 11 is 5.22. The molecule has 0 aliphatic heterocycles. The first-order chi connectivity index (χ1) is 13.8. The molecule has 2 amide bonds. The molecule has 29 heavy (non-hydrogen) atoms. The van der Waals surface area contributed by atoms with Crippen molar-refractivity contribution in [3.05, 3.63) is 59.7 Å². The summed E-state index contributed by atoms with van der Waals surface area (Å²) < 4.78 is 5.57. The molecule has 0 bridgehead atoms. The molecule has 0 heterocycles. The first-order valence-electron chi connectivity index (χ1n) is 9.62. The number of thiocarbonyl (C=S) groups is 1. The van der Waals surface area contributed by atoms with Crippen LogP contribution in [0.25, 0.3) is 0 Å². The fraction of sp³-hybridized carbons (Fsp3) is 0.318. The number of rotatable bonds is 7. The molecule has 0 unspecified atom stereocenters. The van der Waals surface area contributed by atoms with E-state index in [0.717, 1.165) is 0 Å². The summed E-state index contributed by atoms with van der Waals surface area (Å²) in [4.78, 5) is 26.4. The highest BCUT2D eigenvalue weighted by atomic mass is 32.1. The van der Waals surface area contributed by atoms with Gasteiger partial charge in [-0.15, -0.1) is 0 Å². The van der Waals surface area contributed by atoms with Crippen LogP contribution in [0.4, 0.5) is 5.69 Å². The van der Waals surface area contributed by atoms with Gasteiger partial charge in [-0.25, -0.2) is 0 Å². The van der Waals surface area contributed by atoms with Gasteiger partial charge in [0.05, 0.1) is 6.10 Å². The topological polar surface area (TPSA) is 70.7 Å². The number of ether oxygens (including phenoxy) is 1. The van der Waals surface area contributed by atoms with E-state index in [9.17, 15) is 9.59 Å². The molecule has 0 radical (unpaired) electrons. The van der Waals surface area contributed by atoms with Crippen molar-refractivity contribution in [1.82, 2.24) is 10.2 Å². The summed E-state index contributed by atoms with van der Waals surface area (Å²) in [6.45, 7) is 9.10. The van der Waals surface area contributed by atoms with E-state index >= 15 is 0 Å². The Kier molecular flexibility index (Phi) is 8.15. The smallest absolute Gasteiger partial charge is 0.257 e. The number of nitrogens with zero attached hydrogens (tertiary/aromatic N) is 1. The summed E-state index contributed by atoms with van der Waals surface area (Å²) in [7, 11) is 0. The number of carbonyl (C=O) groups is 2. The molecule has 0 atom stereocenters. The Labute approximate surface area is 177 Å². The van der Waals surface area contributed by atoms with E-state index in [1.807, 2.05) is 27.7 Å². The highest BCUT2D eigenvalue weighted by Crippen LogP contribution is 2.14. The van der Waals surface area contributed by atoms with E-state index in [1.54, 1.807) is 53.4 Å². The Morgan fingerprint density at radius 2 is 1.52 bits per heavy atom. The lowest BCUT2D eigenvalue weighted by Gasteiger charge is -2.18. The van der Waals surface area contributed by atoms with E-state index in [0.29, 0.717) is 35.7 Å². The second-order valence-corrected chi connectivity index (χ2v) is 7.06. The van der Waals surface area contributed by atoms with Crippen molar-refractivity contribution in [2.24, 2.45) is 0 Å². The number of carbonyl (C=O) groups excluding carboxylic acids is 2. The van der Waals surface area contributed by atoms with E-state index in [2.05, 4.69) is 10.6 Å². The summed E-state index contributed by atoms with van der Waals surface area (Å²) in [5.41, 5.74) is 1.77. The third-order valence-electron chi connectivity index (χ3n) is 4.16. The van der Waals surface area contributed by atoms with E-state index < -0.39 is 0 Å². The number of nitrogens with one attached hydrogen (secondary N) is 2. The first kappa shape index (κ1) is 22.4. The fourth-order valence-corrected chi connectivity index (χ4v) is 2.89. The Morgan fingerprint density at radius 3 is 2.03 bits per heavy atom. The van der Waals surface area contributed by atoms with Gasteiger partial charge in [0.15, 0.2) is 5.11 Å². The average Bonchev–Trinajstić information content (AvgIpc) is 2.69. The van der Waals surface area contributed by atoms with Gasteiger partial charge in [-0.1, -0.05) is 0 Å². The SMILES string of the molecule is CCN(CC)C(=O)c1ccc(NC(=S)NC(=O)c2ccc(OC(C)C)cc2)cc1. The van der Waals surface area contributed by atoms with Gasteiger partial charge in [0.1, 0.15) is 5.75 Å². The predicted octanol–water partition coefficient (Wildman–Crippen LogP) is 4.08. The monoisotopic (exact) mass is 413 g/mol. The van der Waals surface area contributed by atoms with Crippen LogP contribution >= 0.6 is 12.2 Å². The van der Waals surface area contributed by atoms with Crippen molar-refractivity contribution in [2.45, 2.75) is 33.8 Å². The minimum Gasteiger partial charge on any atom is -0.491 e. The van der Waals surface area contributed by atoms with Crippen molar-refractivity contribution in [1.29, 1.82) is 0 Å². The average molecular weight is 414 g/mol. The predicted molar refractivity (Wildman–Crippen MR) is 120 cm³/mol. The summed E-state index contributed by atoms with van der Waals surface area (Å²) in [6.07, 6.45) is 0.0696. The van der Waals surface area contributed by atoms with Gasteiger partial charge >= 0.3 is 0 Å². The molecular weight excluding hydrogens is 386 g/mol. The van der Waals surface area contributed by atoms with Gasteiger partial charge in [-0.3, -0.25) is 14.9 Å². The van der Waals surface area contributed by atoms with Crippen molar-refractivity contribution in [2.75, 3.05) is 18.4 Å². The molecule has 7 heteroatoms. The Morgan fingerprint density at radius 1 is 0.966 bits per heavy atom. The van der Waals surface area contributed by atoms with E-state index in [-0.39, 0.29) is 23.0 Å². The van der Waals surface area contributed by atoms with Crippen LogP contribution in [0.1, 0.15) is 48.4 Å². The van der Waals surface area contributed by atoms with Crippen LogP contribution < -0.4 is 15.4 Å². The lowest BCUT2D eigenvalue weighted by molar-refractivity contribution is 0.0772. The third-order valence-corrected chi connectivity index (χ3v) is 4.36. The van der Waals surface area contributed by atoms with Crippen molar-refractivity contribution >= 4 is 34.8 Å². The maximum Gasteiger partial charge on any atom is 0.257 e. The van der Waals surface area contributed by atoms with Crippen LogP contribution in [0.2, 0.25) is 0 Å². The van der Waals surface area contributed by atoms with Gasteiger partial charge in [-0.05, 0) is 88.4 Å². The molecule has 0 aliphatic carbocycles. The van der Waals surface area contributed by atoms with E-state index in [4.69, 9.17) is 17.0 Å². The first-order valence-corrected chi connectivity index (χ1v) is 10.0. The molecule has 2 aromatic rings. The second-order valence-electron chi connectivity index (χ2n) is 6.65. The lowest BCUT2D eigenvalue weighted by Crippen LogP contribution is -2.34. The number of hydrogen-bond donors (Lipinski definition) is 2. The van der Waals surface area contributed by atoms with Crippen LogP contribution in [0.3, 0.4) is 0 Å². The normalized spacial score (nSPS) is 10.4. The van der Waals surface area contributed by atoms with Gasteiger partial charge in [-0.2, -0.15) is 0 Å². The maximum atomic E-state index is 12.3. The molecule has 0 saturated carbocycles. The Bertz CT molecular complexity index is 845. The van der Waals surface area contributed by atoms with Gasteiger partial charge in [0.2, 0.25) is 0 Å². The van der Waals surface area contributed by atoms with Gasteiger partial charge in [0, 0.05) is 29.9 Å². The molecule has 2 rings (SSSR count). The largest absolute Gasteiger partial charge is 0.491 e. The zero-order chi connectivity index (χ0) is 21.4. The van der Waals surface area contributed by atoms with E-state index in [1.165, 1.54) is 0 Å². The fourth-order valence-electron chi connectivity index (χ4n) is 2.68. The molecule has 154 valence electrons. The van der Waals surface area contributed by atoms with Gasteiger partial charge < -0.3 is 15.0 Å². The maximum absolute atomic E-state index is 12.3. The highest BCUT2D eigenvalue weighted by molar-refractivity contribution is 7.80. The lowest BCUT2D eigenvalue weighted by atomic mass is 10.2. The molecule has 0 aromatic heterocycles. The molecule has 0 saturated heterocycles. The zero-order valence-corrected chi connectivity index (χ0v) is 18.0. The molecule has 0 spiro atoms. The molecule has 0 fully saturated rings. The summed E-state index contributed by atoms with van der Waals surface area (Å²) in [5.74, 6) is 0.380. The number of hydrogen-bond acceptors (Lipinski definition) is 4. The number of benzene rings is 2. The highest BCUT2D eigenvalue weighted by Gasteiger charge is 2.13. The molecule has 2 aromatic carbocycles. The minimum atomic E-state index is -0.313. The van der Waals surface area contributed by atoms with Crippen molar-refractivity contribution in [3.63, 3.8) is 0 Å². The van der Waals surface area contributed by atoms with Crippen LogP contribution in [-0.4, -0.2) is 41.0 Å². The van der Waals surface area contributed by atoms with Crippen LogP contribution in [0.5, 0.6) is 5.75 Å². The quantitative estimate of drug-likeness (QED) is 0.669. The van der Waals surface area contributed by atoms with Gasteiger partial charge in [0.25, 0.3) is 11.8 Å². The van der Waals surface area contributed by atoms with Crippen LogP contribution in [0, 0.1) is 0 Å². The van der Waals surface area contributed by atoms with Crippen LogP contribution in [0.15, 0.2) is 48.5 Å². The number of amides is 2. The minimum absolute atomic E-state index is 0.0117. The Hall–Kier alpha value is -2.93. The van der Waals surface area contributed by atoms with Crippen molar-refractivity contribution in [3.8, 4) is 5.75 Å². The second kappa shape index (κ2) is 10.6. The molecule has 6 nitrogen and oxygen atoms in total. The Balaban J connectivity index is 1.93. The summed E-state index contributed by atoms with van der Waals surface area (Å²) in [5, 5.41) is 5.78. The third kappa shape index (κ3) is 6.57. The number of anilines is 1. The zero-order valence-electron chi connectivity index (χ0n) is 17.2. The molecule has 2 N–H and O–H groups in total. The van der Waals surface area contributed by atoms with Crippen LogP contribution in [-0.2, 0) is 0 Å².